The smallest absolute Gasteiger partial charge is 0.157 e. The molecule has 0 amide bonds. The Kier molecular flexibility index (Phi) is 2.82. The summed E-state index contributed by atoms with van der Waals surface area (Å²) in [6.07, 6.45) is 2.20. The molecule has 1 atom stereocenters. The standard InChI is InChI=1S/C12H13ClN2S/c13-10-3-1-2-9-8(10)4-5-11(9)15-12-14-6-7-16-12/h1-3,11H,4-7H2,(H,14,15). The predicted octanol–water partition coefficient (Wildman–Crippen LogP) is 3.02. The summed E-state index contributed by atoms with van der Waals surface area (Å²) in [7, 11) is 0. The summed E-state index contributed by atoms with van der Waals surface area (Å²) in [5.74, 6) is 1.11. The number of hydrogen-bond donors (Lipinski definition) is 1. The van der Waals surface area contributed by atoms with E-state index in [9.17, 15) is 0 Å². The molecule has 1 aliphatic carbocycles. The van der Waals surface area contributed by atoms with Gasteiger partial charge in [0, 0.05) is 10.8 Å². The molecule has 2 aliphatic rings. The molecule has 0 bridgehead atoms. The largest absolute Gasteiger partial charge is 0.358 e. The van der Waals surface area contributed by atoms with Gasteiger partial charge >= 0.3 is 0 Å². The van der Waals surface area contributed by atoms with Crippen molar-refractivity contribution in [2.45, 2.75) is 18.9 Å². The van der Waals surface area contributed by atoms with Crippen LogP contribution in [0, 0.1) is 0 Å². The van der Waals surface area contributed by atoms with E-state index in [0.29, 0.717) is 6.04 Å². The number of amidine groups is 1. The number of thioether (sulfide) groups is 1. The molecule has 1 N–H and O–H groups in total. The second kappa shape index (κ2) is 4.30. The van der Waals surface area contributed by atoms with Gasteiger partial charge in [-0.05, 0) is 30.0 Å². The Morgan fingerprint density at radius 1 is 1.44 bits per heavy atom. The lowest BCUT2D eigenvalue weighted by Crippen LogP contribution is -2.23. The lowest BCUT2D eigenvalue weighted by Gasteiger charge is -2.14. The fourth-order valence-electron chi connectivity index (χ4n) is 2.33. The zero-order valence-corrected chi connectivity index (χ0v) is 10.4. The third-order valence-corrected chi connectivity index (χ3v) is 4.36. The summed E-state index contributed by atoms with van der Waals surface area (Å²) >= 11 is 8.00. The van der Waals surface area contributed by atoms with Gasteiger partial charge in [-0.1, -0.05) is 35.5 Å². The molecule has 0 fully saturated rings. The molecule has 1 aliphatic heterocycles. The van der Waals surface area contributed by atoms with Crippen molar-refractivity contribution < 1.29 is 0 Å². The van der Waals surface area contributed by atoms with Crippen LogP contribution in [0.2, 0.25) is 5.02 Å². The van der Waals surface area contributed by atoms with Gasteiger partial charge in [-0.15, -0.1) is 0 Å². The van der Waals surface area contributed by atoms with Gasteiger partial charge in [0.15, 0.2) is 5.17 Å². The van der Waals surface area contributed by atoms with Gasteiger partial charge in [-0.3, -0.25) is 4.99 Å². The van der Waals surface area contributed by atoms with Crippen molar-refractivity contribution >= 4 is 28.5 Å². The van der Waals surface area contributed by atoms with Crippen LogP contribution >= 0.6 is 23.4 Å². The first-order chi connectivity index (χ1) is 7.84. The SMILES string of the molecule is Clc1cccc2c1CCC2NC1=NCCS1. The maximum Gasteiger partial charge on any atom is 0.157 e. The molecular weight excluding hydrogens is 240 g/mol. The lowest BCUT2D eigenvalue weighted by molar-refractivity contribution is 0.644. The number of rotatable bonds is 1. The molecule has 1 aromatic rings. The summed E-state index contributed by atoms with van der Waals surface area (Å²) in [5.41, 5.74) is 2.66. The maximum atomic E-state index is 6.19. The highest BCUT2D eigenvalue weighted by Gasteiger charge is 2.25. The molecule has 16 heavy (non-hydrogen) atoms. The van der Waals surface area contributed by atoms with Gasteiger partial charge < -0.3 is 5.32 Å². The first-order valence-corrected chi connectivity index (χ1v) is 6.92. The highest BCUT2D eigenvalue weighted by Crippen LogP contribution is 2.35. The average Bonchev–Trinajstić information content (AvgIpc) is 2.90. The van der Waals surface area contributed by atoms with E-state index in [-0.39, 0.29) is 0 Å². The number of nitrogens with zero attached hydrogens (tertiary/aromatic N) is 1. The van der Waals surface area contributed by atoms with Crippen LogP contribution in [-0.4, -0.2) is 17.5 Å². The number of halogens is 1. The van der Waals surface area contributed by atoms with E-state index in [4.69, 9.17) is 11.6 Å². The zero-order chi connectivity index (χ0) is 11.0. The number of benzene rings is 1. The molecule has 1 aromatic carbocycles. The van der Waals surface area contributed by atoms with Gasteiger partial charge in [0.25, 0.3) is 0 Å². The summed E-state index contributed by atoms with van der Waals surface area (Å²) in [6, 6.07) is 6.58. The minimum absolute atomic E-state index is 0.401. The number of aliphatic imine (C=N–C) groups is 1. The van der Waals surface area contributed by atoms with Crippen LogP contribution in [0.4, 0.5) is 0 Å². The topological polar surface area (TPSA) is 24.4 Å². The first-order valence-electron chi connectivity index (χ1n) is 5.55. The minimum atomic E-state index is 0.401. The Balaban J connectivity index is 1.83. The van der Waals surface area contributed by atoms with Crippen molar-refractivity contribution in [3.8, 4) is 0 Å². The Labute approximate surface area is 104 Å². The summed E-state index contributed by atoms with van der Waals surface area (Å²) in [6.45, 7) is 0.947. The Morgan fingerprint density at radius 3 is 3.19 bits per heavy atom. The Bertz CT molecular complexity index is 445. The summed E-state index contributed by atoms with van der Waals surface area (Å²) < 4.78 is 0. The van der Waals surface area contributed by atoms with Crippen molar-refractivity contribution in [3.05, 3.63) is 34.3 Å². The first kappa shape index (κ1) is 10.5. The lowest BCUT2D eigenvalue weighted by atomic mass is 10.1. The van der Waals surface area contributed by atoms with E-state index < -0.39 is 0 Å². The monoisotopic (exact) mass is 252 g/mol. The second-order valence-corrected chi connectivity index (χ2v) is 5.57. The Hall–Kier alpha value is -0.670. The third kappa shape index (κ3) is 1.82. The molecule has 2 nitrogen and oxygen atoms in total. The van der Waals surface area contributed by atoms with Gasteiger partial charge in [0.05, 0.1) is 12.6 Å². The van der Waals surface area contributed by atoms with E-state index in [1.165, 1.54) is 11.1 Å². The van der Waals surface area contributed by atoms with Crippen LogP contribution in [0.25, 0.3) is 0 Å². The van der Waals surface area contributed by atoms with Crippen molar-refractivity contribution in [2.75, 3.05) is 12.3 Å². The summed E-state index contributed by atoms with van der Waals surface area (Å²) in [5, 5.41) is 5.52. The summed E-state index contributed by atoms with van der Waals surface area (Å²) in [4.78, 5) is 4.43. The van der Waals surface area contributed by atoms with E-state index in [0.717, 1.165) is 35.3 Å². The van der Waals surface area contributed by atoms with Crippen LogP contribution < -0.4 is 5.32 Å². The zero-order valence-electron chi connectivity index (χ0n) is 8.87. The van der Waals surface area contributed by atoms with Crippen LogP contribution in [0.3, 0.4) is 0 Å². The molecule has 0 saturated carbocycles. The number of nitrogens with one attached hydrogen (secondary N) is 1. The maximum absolute atomic E-state index is 6.19. The van der Waals surface area contributed by atoms with Gasteiger partial charge in [-0.25, -0.2) is 0 Å². The quantitative estimate of drug-likeness (QED) is 0.831. The van der Waals surface area contributed by atoms with Crippen LogP contribution in [0.15, 0.2) is 23.2 Å². The minimum Gasteiger partial charge on any atom is -0.358 e. The van der Waals surface area contributed by atoms with Crippen molar-refractivity contribution in [3.63, 3.8) is 0 Å². The van der Waals surface area contributed by atoms with Gasteiger partial charge in [0.1, 0.15) is 0 Å². The van der Waals surface area contributed by atoms with Crippen molar-refractivity contribution in [1.29, 1.82) is 0 Å². The molecule has 84 valence electrons. The molecule has 0 spiro atoms. The average molecular weight is 253 g/mol. The van der Waals surface area contributed by atoms with Crippen molar-refractivity contribution in [2.24, 2.45) is 4.99 Å². The van der Waals surface area contributed by atoms with Gasteiger partial charge in [-0.2, -0.15) is 0 Å². The fourth-order valence-corrected chi connectivity index (χ4v) is 3.39. The fraction of sp³-hybridized carbons (Fsp3) is 0.417. The van der Waals surface area contributed by atoms with E-state index >= 15 is 0 Å². The normalized spacial score (nSPS) is 23.1. The van der Waals surface area contributed by atoms with E-state index in [1.54, 1.807) is 0 Å². The molecule has 1 heterocycles. The highest BCUT2D eigenvalue weighted by atomic mass is 35.5. The van der Waals surface area contributed by atoms with E-state index in [2.05, 4.69) is 16.4 Å². The van der Waals surface area contributed by atoms with Crippen LogP contribution in [0.5, 0.6) is 0 Å². The molecule has 4 heteroatoms. The van der Waals surface area contributed by atoms with Crippen LogP contribution in [0.1, 0.15) is 23.6 Å². The predicted molar refractivity (Wildman–Crippen MR) is 70.4 cm³/mol. The molecule has 0 radical (unpaired) electrons. The molecule has 1 unspecified atom stereocenters. The van der Waals surface area contributed by atoms with Crippen LogP contribution in [-0.2, 0) is 6.42 Å². The van der Waals surface area contributed by atoms with Crippen molar-refractivity contribution in [1.82, 2.24) is 5.32 Å². The molecule has 3 rings (SSSR count). The number of fused-ring (bicyclic) bond motifs is 1. The molecular formula is C12H13ClN2S. The highest BCUT2D eigenvalue weighted by molar-refractivity contribution is 8.14. The molecule has 0 saturated heterocycles. The Morgan fingerprint density at radius 2 is 2.38 bits per heavy atom. The molecule has 0 aromatic heterocycles. The third-order valence-electron chi connectivity index (χ3n) is 3.10. The second-order valence-electron chi connectivity index (χ2n) is 4.08. The number of hydrogen-bond acceptors (Lipinski definition) is 3. The van der Waals surface area contributed by atoms with E-state index in [1.807, 2.05) is 23.9 Å². The van der Waals surface area contributed by atoms with Gasteiger partial charge in [0.2, 0.25) is 0 Å².